The van der Waals surface area contributed by atoms with Crippen LogP contribution < -0.4 is 5.32 Å². The third kappa shape index (κ3) is 29.5. The molecule has 0 spiro atoms. The van der Waals surface area contributed by atoms with Gasteiger partial charge in [0.05, 0.1) is 32.0 Å². The molecule has 9 N–H and O–H groups in total. The Bertz CT molecular complexity index is 1480. The van der Waals surface area contributed by atoms with Crippen LogP contribution in [0.2, 0.25) is 0 Å². The van der Waals surface area contributed by atoms with Crippen molar-refractivity contribution in [1.82, 2.24) is 5.32 Å². The van der Waals surface area contributed by atoms with Gasteiger partial charge in [0.1, 0.15) is 48.8 Å². The molecule has 14 nitrogen and oxygen atoms in total. The van der Waals surface area contributed by atoms with E-state index in [9.17, 15) is 45.6 Å². The average molecular weight is 1020 g/mol. The van der Waals surface area contributed by atoms with E-state index < -0.39 is 86.8 Å². The number of hydrogen-bond donors (Lipinski definition) is 9. The Kier molecular flexibility index (Phi) is 39.7. The van der Waals surface area contributed by atoms with E-state index in [0.717, 1.165) is 77.0 Å². The van der Waals surface area contributed by atoms with Crippen LogP contribution >= 0.6 is 0 Å². The SMILES string of the molecule is CC/C=C\C/C=C\C/C=C\CCCCCCCC(=O)NC(COC1OC(CO)C(OC2OC(CO)C(O)C(O)C2O)C(O)C1O)C(O)/C=C/CC/C=C/CC/C=C/CCCCCCCCCCCCCCC. The Hall–Kier alpha value is -2.57. The van der Waals surface area contributed by atoms with Crippen molar-refractivity contribution >= 4 is 5.91 Å². The quantitative estimate of drug-likeness (QED) is 0.0206. The molecule has 72 heavy (non-hydrogen) atoms. The van der Waals surface area contributed by atoms with E-state index in [4.69, 9.17) is 18.9 Å². The zero-order valence-electron chi connectivity index (χ0n) is 44.4. The van der Waals surface area contributed by atoms with Crippen LogP contribution in [-0.4, -0.2) is 140 Å². The van der Waals surface area contributed by atoms with Crippen LogP contribution in [0.1, 0.15) is 194 Å². The first-order valence-corrected chi connectivity index (χ1v) is 28.2. The molecule has 2 aliphatic rings. The average Bonchev–Trinajstić information content (AvgIpc) is 3.38. The van der Waals surface area contributed by atoms with Crippen LogP contribution in [0.5, 0.6) is 0 Å². The van der Waals surface area contributed by atoms with Crippen LogP contribution in [-0.2, 0) is 23.7 Å². The van der Waals surface area contributed by atoms with Crippen molar-refractivity contribution in [2.75, 3.05) is 19.8 Å². The lowest BCUT2D eigenvalue weighted by Gasteiger charge is -2.46. The van der Waals surface area contributed by atoms with E-state index in [1.807, 2.05) is 6.08 Å². The van der Waals surface area contributed by atoms with Gasteiger partial charge in [0.2, 0.25) is 5.91 Å². The smallest absolute Gasteiger partial charge is 0.220 e. The van der Waals surface area contributed by atoms with Crippen molar-refractivity contribution in [2.45, 2.75) is 267 Å². The maximum absolute atomic E-state index is 13.2. The molecule has 416 valence electrons. The molecule has 0 bridgehead atoms. The van der Waals surface area contributed by atoms with Crippen molar-refractivity contribution in [3.63, 3.8) is 0 Å². The molecular formula is C58H101NO13. The molecule has 0 radical (unpaired) electrons. The second-order valence-corrected chi connectivity index (χ2v) is 19.7. The largest absolute Gasteiger partial charge is 0.394 e. The van der Waals surface area contributed by atoms with Crippen molar-refractivity contribution in [1.29, 1.82) is 0 Å². The summed E-state index contributed by atoms with van der Waals surface area (Å²) in [6.45, 7) is 2.63. The maximum atomic E-state index is 13.2. The van der Waals surface area contributed by atoms with Crippen LogP contribution in [0.25, 0.3) is 0 Å². The van der Waals surface area contributed by atoms with Gasteiger partial charge in [0.25, 0.3) is 0 Å². The number of unbranched alkanes of at least 4 members (excludes halogenated alkanes) is 20. The number of ether oxygens (including phenoxy) is 4. The minimum absolute atomic E-state index is 0.247. The van der Waals surface area contributed by atoms with Crippen LogP contribution in [0, 0.1) is 0 Å². The molecule has 1 amide bonds. The molecule has 2 rings (SSSR count). The first kappa shape index (κ1) is 65.5. The van der Waals surface area contributed by atoms with Gasteiger partial charge in [-0.1, -0.05) is 183 Å². The van der Waals surface area contributed by atoms with Crippen molar-refractivity contribution in [3.05, 3.63) is 72.9 Å². The fourth-order valence-electron chi connectivity index (χ4n) is 8.81. The fourth-order valence-corrected chi connectivity index (χ4v) is 8.81. The van der Waals surface area contributed by atoms with Gasteiger partial charge in [0, 0.05) is 6.42 Å². The standard InChI is InChI=1S/C58H101NO13/c1-3-5-7-9-11-13-15-17-19-20-21-22-23-24-25-26-28-29-31-33-35-37-39-41-47(62)46(59-50(63)42-40-38-36-34-32-30-27-18-16-14-12-10-8-6-4-2)45-69-57-55(68)53(66)56(49(44-61)71-57)72-58-54(67)52(65)51(64)48(43-60)70-58/h6,8,12,14,18,25-27,31,33,39,41,46-49,51-58,60-62,64-68H,3-5,7,9-11,13,15-17,19-24,28-30,32,34-38,40,42-45H2,1-2H3,(H,59,63)/b8-6-,14-12-,26-25+,27-18-,33-31+,41-39+. The monoisotopic (exact) mass is 1020 g/mol. The Morgan fingerprint density at radius 1 is 0.514 bits per heavy atom. The highest BCUT2D eigenvalue weighted by molar-refractivity contribution is 5.76. The number of carbonyl (C=O) groups excluding carboxylic acids is 1. The molecule has 12 atom stereocenters. The predicted molar refractivity (Wildman–Crippen MR) is 286 cm³/mol. The number of aliphatic hydroxyl groups excluding tert-OH is 8. The highest BCUT2D eigenvalue weighted by Gasteiger charge is 2.51. The summed E-state index contributed by atoms with van der Waals surface area (Å²) in [5, 5.41) is 86.9. The highest BCUT2D eigenvalue weighted by Crippen LogP contribution is 2.30. The third-order valence-corrected chi connectivity index (χ3v) is 13.4. The lowest BCUT2D eigenvalue weighted by molar-refractivity contribution is -0.359. The van der Waals surface area contributed by atoms with Gasteiger partial charge in [0.15, 0.2) is 12.6 Å². The summed E-state index contributed by atoms with van der Waals surface area (Å²) in [4.78, 5) is 13.2. The predicted octanol–water partition coefficient (Wildman–Crippen LogP) is 8.77. The van der Waals surface area contributed by atoms with Gasteiger partial charge in [-0.2, -0.15) is 0 Å². The molecular weight excluding hydrogens is 919 g/mol. The minimum Gasteiger partial charge on any atom is -0.394 e. The molecule has 0 aromatic heterocycles. The highest BCUT2D eigenvalue weighted by atomic mass is 16.7. The molecule has 2 saturated heterocycles. The molecule has 0 aromatic carbocycles. The van der Waals surface area contributed by atoms with Crippen LogP contribution in [0.3, 0.4) is 0 Å². The molecule has 0 saturated carbocycles. The number of rotatable bonds is 43. The Balaban J connectivity index is 1.82. The van der Waals surface area contributed by atoms with E-state index in [2.05, 4.69) is 79.9 Å². The van der Waals surface area contributed by atoms with Crippen LogP contribution in [0.15, 0.2) is 72.9 Å². The summed E-state index contributed by atoms with van der Waals surface area (Å²) in [6, 6.07) is -0.950. The van der Waals surface area contributed by atoms with Gasteiger partial charge in [-0.25, -0.2) is 0 Å². The molecule has 0 aromatic rings. The number of amides is 1. The van der Waals surface area contributed by atoms with Gasteiger partial charge < -0.3 is 65.1 Å². The van der Waals surface area contributed by atoms with E-state index in [0.29, 0.717) is 12.8 Å². The second-order valence-electron chi connectivity index (χ2n) is 19.7. The summed E-state index contributed by atoms with van der Waals surface area (Å²) < 4.78 is 22.7. The molecule has 2 heterocycles. The number of carbonyl (C=O) groups is 1. The molecule has 2 fully saturated rings. The summed E-state index contributed by atoms with van der Waals surface area (Å²) in [5.74, 6) is -0.273. The molecule has 2 aliphatic heterocycles. The van der Waals surface area contributed by atoms with Crippen LogP contribution in [0.4, 0.5) is 0 Å². The Morgan fingerprint density at radius 3 is 1.53 bits per heavy atom. The van der Waals surface area contributed by atoms with E-state index >= 15 is 0 Å². The van der Waals surface area contributed by atoms with Crippen molar-refractivity contribution < 1.29 is 64.6 Å². The first-order valence-electron chi connectivity index (χ1n) is 28.2. The van der Waals surface area contributed by atoms with E-state index in [-0.39, 0.29) is 18.9 Å². The summed E-state index contributed by atoms with van der Waals surface area (Å²) in [7, 11) is 0. The topological polar surface area (TPSA) is 228 Å². The third-order valence-electron chi connectivity index (χ3n) is 13.4. The molecule has 14 heteroatoms. The number of hydrogen-bond acceptors (Lipinski definition) is 13. The normalized spacial score (nSPS) is 26.1. The van der Waals surface area contributed by atoms with Gasteiger partial charge in [-0.05, 0) is 77.0 Å². The lowest BCUT2D eigenvalue weighted by Crippen LogP contribution is -2.65. The lowest BCUT2D eigenvalue weighted by atomic mass is 9.97. The first-order chi connectivity index (χ1) is 35.1. The fraction of sp³-hybridized carbons (Fsp3) is 0.776. The van der Waals surface area contributed by atoms with E-state index in [1.54, 1.807) is 6.08 Å². The van der Waals surface area contributed by atoms with Crippen molar-refractivity contribution in [2.24, 2.45) is 0 Å². The zero-order valence-corrected chi connectivity index (χ0v) is 44.4. The Labute approximate surface area is 434 Å². The summed E-state index contributed by atoms with van der Waals surface area (Å²) >= 11 is 0. The summed E-state index contributed by atoms with van der Waals surface area (Å²) in [6.07, 6.45) is 39.5. The maximum Gasteiger partial charge on any atom is 0.220 e. The minimum atomic E-state index is -1.80. The number of aliphatic hydroxyl groups is 8. The molecule has 0 aliphatic carbocycles. The zero-order chi connectivity index (χ0) is 52.4. The number of allylic oxidation sites excluding steroid dienone is 11. The van der Waals surface area contributed by atoms with Gasteiger partial charge in [-0.15, -0.1) is 0 Å². The Morgan fingerprint density at radius 2 is 0.972 bits per heavy atom. The van der Waals surface area contributed by atoms with E-state index in [1.165, 1.54) is 83.5 Å². The number of nitrogens with one attached hydrogen (secondary N) is 1. The molecule has 12 unspecified atom stereocenters. The van der Waals surface area contributed by atoms with Gasteiger partial charge in [-0.3, -0.25) is 4.79 Å². The second kappa shape index (κ2) is 43.6. The van der Waals surface area contributed by atoms with Crippen molar-refractivity contribution in [3.8, 4) is 0 Å². The van der Waals surface area contributed by atoms with Gasteiger partial charge >= 0.3 is 0 Å². The summed E-state index contributed by atoms with van der Waals surface area (Å²) in [5.41, 5.74) is 0.